The Morgan fingerprint density at radius 3 is 2.21 bits per heavy atom. The predicted molar refractivity (Wildman–Crippen MR) is 93.2 cm³/mol. The van der Waals surface area contributed by atoms with Crippen molar-refractivity contribution < 1.29 is 35.2 Å². The summed E-state index contributed by atoms with van der Waals surface area (Å²) >= 11 is 0. The van der Waals surface area contributed by atoms with Crippen molar-refractivity contribution in [2.45, 2.75) is 19.1 Å². The summed E-state index contributed by atoms with van der Waals surface area (Å²) in [7, 11) is -4.16. The lowest BCUT2D eigenvalue weighted by atomic mass is 10.1. The first kappa shape index (κ1) is 21.6. The van der Waals surface area contributed by atoms with Crippen LogP contribution in [0.2, 0.25) is 0 Å². The van der Waals surface area contributed by atoms with Crippen LogP contribution in [-0.2, 0) is 21.0 Å². The molecule has 0 saturated carbocycles. The number of nitrogens with zero attached hydrogens (tertiary/aromatic N) is 1. The second-order valence-corrected chi connectivity index (χ2v) is 7.73. The predicted octanol–water partition coefficient (Wildman–Crippen LogP) is 3.78. The minimum absolute atomic E-state index is 0.354. The van der Waals surface area contributed by atoms with E-state index in [0.717, 1.165) is 37.4 Å². The summed E-state index contributed by atoms with van der Waals surface area (Å²) in [6.07, 6.45) is -4.02. The van der Waals surface area contributed by atoms with E-state index in [4.69, 9.17) is 0 Å². The Bertz CT molecular complexity index is 993. The molecule has 2 rings (SSSR count). The van der Waals surface area contributed by atoms with Gasteiger partial charge in [-0.2, -0.15) is 13.2 Å². The molecule has 2 aromatic rings. The molecule has 0 aliphatic heterocycles. The van der Waals surface area contributed by atoms with Crippen LogP contribution in [0.3, 0.4) is 0 Å². The van der Waals surface area contributed by atoms with Crippen LogP contribution >= 0.6 is 0 Å². The van der Waals surface area contributed by atoms with E-state index in [9.17, 15) is 35.2 Å². The van der Waals surface area contributed by atoms with Gasteiger partial charge in [-0.25, -0.2) is 17.2 Å². The third-order valence-corrected chi connectivity index (χ3v) is 4.98. The van der Waals surface area contributed by atoms with E-state index in [-0.39, 0.29) is 5.69 Å². The van der Waals surface area contributed by atoms with E-state index in [1.807, 2.05) is 5.32 Å². The molecule has 0 aliphatic rings. The van der Waals surface area contributed by atoms with Gasteiger partial charge in [0.1, 0.15) is 6.04 Å². The number of alkyl halides is 3. The average molecular weight is 422 g/mol. The molecule has 11 heteroatoms. The molecule has 152 valence electrons. The maximum atomic E-state index is 13.5. The van der Waals surface area contributed by atoms with Crippen LogP contribution in [-0.4, -0.2) is 26.6 Å². The normalized spacial score (nSPS) is 13.1. The number of benzene rings is 2. The Morgan fingerprint density at radius 2 is 1.68 bits per heavy atom. The largest absolute Gasteiger partial charge is 0.418 e. The molecule has 0 spiro atoms. The van der Waals surface area contributed by atoms with Crippen LogP contribution in [0, 0.1) is 11.6 Å². The van der Waals surface area contributed by atoms with Crippen molar-refractivity contribution in [3.05, 3.63) is 59.7 Å². The number of para-hydroxylation sites is 1. The zero-order valence-corrected chi connectivity index (χ0v) is 15.4. The summed E-state index contributed by atoms with van der Waals surface area (Å²) in [5, 5.41) is 2.03. The fraction of sp³-hybridized carbons (Fsp3) is 0.235. The van der Waals surface area contributed by atoms with Gasteiger partial charge in [-0.15, -0.1) is 0 Å². The Balaban J connectivity index is 2.40. The minimum Gasteiger partial charge on any atom is -0.324 e. The molecule has 1 N–H and O–H groups in total. The number of anilines is 2. The number of carbonyl (C=O) groups excluding carboxylic acids is 1. The van der Waals surface area contributed by atoms with Gasteiger partial charge in [0.2, 0.25) is 15.9 Å². The minimum atomic E-state index is -4.75. The number of rotatable bonds is 5. The maximum absolute atomic E-state index is 13.5. The highest BCUT2D eigenvalue weighted by Gasteiger charge is 2.35. The molecular weight excluding hydrogens is 407 g/mol. The summed E-state index contributed by atoms with van der Waals surface area (Å²) < 4.78 is 90.5. The number of carbonyl (C=O) groups is 1. The second-order valence-electron chi connectivity index (χ2n) is 5.87. The van der Waals surface area contributed by atoms with Gasteiger partial charge >= 0.3 is 6.18 Å². The van der Waals surface area contributed by atoms with E-state index in [2.05, 4.69) is 0 Å². The smallest absolute Gasteiger partial charge is 0.324 e. The lowest BCUT2D eigenvalue weighted by Crippen LogP contribution is -2.45. The van der Waals surface area contributed by atoms with Crippen molar-refractivity contribution in [1.82, 2.24) is 0 Å². The molecule has 0 heterocycles. The van der Waals surface area contributed by atoms with Crippen LogP contribution in [0.4, 0.5) is 33.3 Å². The molecule has 28 heavy (non-hydrogen) atoms. The lowest BCUT2D eigenvalue weighted by molar-refractivity contribution is -0.137. The van der Waals surface area contributed by atoms with Crippen LogP contribution < -0.4 is 9.62 Å². The van der Waals surface area contributed by atoms with Crippen molar-refractivity contribution in [2.24, 2.45) is 0 Å². The van der Waals surface area contributed by atoms with Crippen molar-refractivity contribution in [1.29, 1.82) is 0 Å². The van der Waals surface area contributed by atoms with Gasteiger partial charge in [-0.05, 0) is 31.2 Å². The number of hydrogen-bond acceptors (Lipinski definition) is 3. The number of sulfonamides is 1. The molecule has 0 saturated heterocycles. The van der Waals surface area contributed by atoms with Gasteiger partial charge in [0, 0.05) is 6.07 Å². The van der Waals surface area contributed by atoms with E-state index in [1.54, 1.807) is 0 Å². The summed E-state index contributed by atoms with van der Waals surface area (Å²) in [5.74, 6) is -3.67. The van der Waals surface area contributed by atoms with Gasteiger partial charge in [0.15, 0.2) is 11.6 Å². The fourth-order valence-corrected chi connectivity index (χ4v) is 3.67. The third-order valence-electron chi connectivity index (χ3n) is 3.74. The van der Waals surface area contributed by atoms with E-state index < -0.39 is 51.0 Å². The van der Waals surface area contributed by atoms with E-state index in [0.29, 0.717) is 16.4 Å². The van der Waals surface area contributed by atoms with Crippen molar-refractivity contribution in [3.8, 4) is 0 Å². The number of hydrogen-bond donors (Lipinski definition) is 1. The van der Waals surface area contributed by atoms with Gasteiger partial charge in [-0.3, -0.25) is 9.10 Å². The quantitative estimate of drug-likeness (QED) is 0.746. The molecular formula is C17H15F5N2O3S. The van der Waals surface area contributed by atoms with Crippen LogP contribution in [0.25, 0.3) is 0 Å². The second kappa shape index (κ2) is 7.74. The molecule has 2 aromatic carbocycles. The number of amides is 1. The average Bonchev–Trinajstić information content (AvgIpc) is 2.56. The Hall–Kier alpha value is -2.69. The van der Waals surface area contributed by atoms with Gasteiger partial charge in [0.25, 0.3) is 0 Å². The lowest BCUT2D eigenvalue weighted by Gasteiger charge is -2.28. The first-order chi connectivity index (χ1) is 12.8. The van der Waals surface area contributed by atoms with Gasteiger partial charge < -0.3 is 5.32 Å². The van der Waals surface area contributed by atoms with Crippen LogP contribution in [0.5, 0.6) is 0 Å². The molecule has 0 radical (unpaired) electrons. The van der Waals surface area contributed by atoms with Gasteiger partial charge in [-0.1, -0.05) is 12.1 Å². The molecule has 0 aromatic heterocycles. The number of halogens is 5. The molecule has 0 bridgehead atoms. The first-order valence-corrected chi connectivity index (χ1v) is 9.58. The standard InChI is InChI=1S/C17H15F5N2O3S/c1-10(16(25)23-15-6-4-3-5-12(15)17(20,21)22)24(28(2,26)27)11-7-8-13(18)14(19)9-11/h3-10H,1-2H3,(H,23,25)/t10-/m0/s1. The molecule has 5 nitrogen and oxygen atoms in total. The molecule has 0 unspecified atom stereocenters. The van der Waals surface area contributed by atoms with E-state index >= 15 is 0 Å². The summed E-state index contributed by atoms with van der Waals surface area (Å²) in [5.41, 5.74) is -2.03. The number of nitrogens with one attached hydrogen (secondary N) is 1. The highest BCUT2D eigenvalue weighted by molar-refractivity contribution is 7.92. The van der Waals surface area contributed by atoms with E-state index in [1.165, 1.54) is 6.07 Å². The van der Waals surface area contributed by atoms with Crippen molar-refractivity contribution >= 4 is 27.3 Å². The Labute approximate surface area is 157 Å². The van der Waals surface area contributed by atoms with Crippen LogP contribution in [0.1, 0.15) is 12.5 Å². The van der Waals surface area contributed by atoms with Crippen molar-refractivity contribution in [2.75, 3.05) is 15.9 Å². The zero-order chi connectivity index (χ0) is 21.3. The molecule has 0 aliphatic carbocycles. The summed E-state index contributed by atoms with van der Waals surface area (Å²) in [6.45, 7) is 1.11. The first-order valence-electron chi connectivity index (χ1n) is 7.74. The van der Waals surface area contributed by atoms with Crippen molar-refractivity contribution in [3.63, 3.8) is 0 Å². The topological polar surface area (TPSA) is 66.5 Å². The molecule has 1 atom stereocenters. The Kier molecular flexibility index (Phi) is 5.97. The highest BCUT2D eigenvalue weighted by atomic mass is 32.2. The third kappa shape index (κ3) is 4.77. The summed E-state index contributed by atoms with van der Waals surface area (Å²) in [6, 6.07) is 4.79. The SMILES string of the molecule is C[C@@H](C(=O)Nc1ccccc1C(F)(F)F)N(c1ccc(F)c(F)c1)S(C)(=O)=O. The zero-order valence-electron chi connectivity index (χ0n) is 14.6. The van der Waals surface area contributed by atoms with Crippen LogP contribution in [0.15, 0.2) is 42.5 Å². The monoisotopic (exact) mass is 422 g/mol. The van der Waals surface area contributed by atoms with Gasteiger partial charge in [0.05, 0.1) is 23.2 Å². The fourth-order valence-electron chi connectivity index (χ4n) is 2.51. The maximum Gasteiger partial charge on any atom is 0.418 e. The molecule has 1 amide bonds. The Morgan fingerprint density at radius 1 is 1.07 bits per heavy atom. The summed E-state index contributed by atoms with van der Waals surface area (Å²) in [4.78, 5) is 12.5. The molecule has 0 fully saturated rings. The highest BCUT2D eigenvalue weighted by Crippen LogP contribution is 2.35.